The van der Waals surface area contributed by atoms with Crippen LogP contribution in [0, 0.1) is 28.4 Å². The van der Waals surface area contributed by atoms with Crippen LogP contribution in [0.2, 0.25) is 0 Å². The summed E-state index contributed by atoms with van der Waals surface area (Å²) in [6, 6.07) is 20.3. The second-order valence-corrected chi connectivity index (χ2v) is 9.49. The highest BCUT2D eigenvalue weighted by Gasteiger charge is 2.55. The molecule has 3 aromatic rings. The number of aliphatic hydroxyl groups excluding tert-OH is 1. The summed E-state index contributed by atoms with van der Waals surface area (Å²) in [5, 5.41) is 23.4. The van der Waals surface area contributed by atoms with E-state index < -0.39 is 10.8 Å². The van der Waals surface area contributed by atoms with E-state index in [9.17, 15) is 19.1 Å². The second-order valence-electron chi connectivity index (χ2n) is 9.49. The van der Waals surface area contributed by atoms with Gasteiger partial charge in [-0.25, -0.2) is 8.78 Å². The van der Waals surface area contributed by atoms with E-state index in [1.807, 2.05) is 18.2 Å². The van der Waals surface area contributed by atoms with Crippen molar-refractivity contribution in [2.45, 2.75) is 31.1 Å². The maximum Gasteiger partial charge on any atom is 0.161 e. The highest BCUT2D eigenvalue weighted by atomic mass is 19.1. The number of nitriles is 1. The molecule has 0 aromatic heterocycles. The van der Waals surface area contributed by atoms with Crippen LogP contribution >= 0.6 is 0 Å². The Labute approximate surface area is 216 Å². The van der Waals surface area contributed by atoms with Gasteiger partial charge in [0, 0.05) is 18.6 Å². The number of nitrogens with one attached hydrogen (secondary N) is 1. The van der Waals surface area contributed by atoms with Gasteiger partial charge in [0.25, 0.3) is 0 Å². The van der Waals surface area contributed by atoms with Crippen LogP contribution < -0.4 is 14.8 Å². The van der Waals surface area contributed by atoms with Gasteiger partial charge in [0.05, 0.1) is 19.8 Å². The van der Waals surface area contributed by atoms with Gasteiger partial charge in [-0.1, -0.05) is 30.3 Å². The van der Waals surface area contributed by atoms with Gasteiger partial charge in [-0.3, -0.25) is 0 Å². The van der Waals surface area contributed by atoms with Crippen molar-refractivity contribution < 1.29 is 23.4 Å². The first-order valence-corrected chi connectivity index (χ1v) is 12.5. The first-order chi connectivity index (χ1) is 18.0. The van der Waals surface area contributed by atoms with Gasteiger partial charge in [-0.05, 0) is 85.3 Å². The fraction of sp³-hybridized carbons (Fsp3) is 0.367. The van der Waals surface area contributed by atoms with Gasteiger partial charge in [-0.15, -0.1) is 0 Å². The third kappa shape index (κ3) is 5.31. The molecule has 4 rings (SSSR count). The van der Waals surface area contributed by atoms with Gasteiger partial charge < -0.3 is 19.9 Å². The van der Waals surface area contributed by atoms with Crippen LogP contribution in [0.25, 0.3) is 0 Å². The zero-order valence-corrected chi connectivity index (χ0v) is 21.0. The van der Waals surface area contributed by atoms with Crippen LogP contribution in [0.5, 0.6) is 11.5 Å². The summed E-state index contributed by atoms with van der Waals surface area (Å²) in [7, 11) is 1.58. The smallest absolute Gasteiger partial charge is 0.161 e. The van der Waals surface area contributed by atoms with E-state index in [0.717, 1.165) is 18.5 Å². The largest absolute Gasteiger partial charge is 0.493 e. The summed E-state index contributed by atoms with van der Waals surface area (Å²) in [5.41, 5.74) is 0.708. The maximum atomic E-state index is 13.9. The molecule has 1 unspecified atom stereocenters. The van der Waals surface area contributed by atoms with E-state index in [1.165, 1.54) is 24.3 Å². The third-order valence-electron chi connectivity index (χ3n) is 7.45. The zero-order valence-electron chi connectivity index (χ0n) is 21.0. The molecule has 1 atom stereocenters. The Morgan fingerprint density at radius 3 is 2.16 bits per heavy atom. The Morgan fingerprint density at radius 2 is 1.65 bits per heavy atom. The minimum Gasteiger partial charge on any atom is -0.493 e. The summed E-state index contributed by atoms with van der Waals surface area (Å²) in [5.74, 6) is 0.472. The molecule has 1 aliphatic heterocycles. The summed E-state index contributed by atoms with van der Waals surface area (Å²) >= 11 is 0. The normalized spacial score (nSPS) is 17.4. The Morgan fingerprint density at radius 1 is 1.00 bits per heavy atom. The van der Waals surface area contributed by atoms with Gasteiger partial charge in [0.2, 0.25) is 0 Å². The highest BCUT2D eigenvalue weighted by molar-refractivity contribution is 5.50. The van der Waals surface area contributed by atoms with Gasteiger partial charge in [0.15, 0.2) is 11.5 Å². The van der Waals surface area contributed by atoms with Crippen molar-refractivity contribution >= 4 is 0 Å². The Hall–Kier alpha value is -3.47. The lowest BCUT2D eigenvalue weighted by Gasteiger charge is -2.45. The van der Waals surface area contributed by atoms with E-state index in [1.54, 1.807) is 31.4 Å². The molecule has 1 heterocycles. The fourth-order valence-electron chi connectivity index (χ4n) is 5.60. The zero-order chi connectivity index (χ0) is 26.3. The standard InChI is InChI=1S/C30H32F2N2O3/c1-36-28-19-22(13-17-35)3-12-27(28)37-18-2-14-29(15-16-34-21-29)30(20-33,23-4-8-25(31)9-5-23)24-6-10-26(32)11-7-24/h3-12,19,34-35H,2,13-18,21H2,1H3. The van der Waals surface area contributed by atoms with Crippen molar-refractivity contribution in [2.24, 2.45) is 5.41 Å². The number of nitrogens with zero attached hydrogens (tertiary/aromatic N) is 1. The number of hydrogen-bond acceptors (Lipinski definition) is 5. The minimum absolute atomic E-state index is 0.0578. The number of aliphatic hydroxyl groups is 1. The van der Waals surface area contributed by atoms with Crippen LogP contribution in [0.15, 0.2) is 66.7 Å². The van der Waals surface area contributed by atoms with Crippen molar-refractivity contribution in [2.75, 3.05) is 33.4 Å². The molecule has 0 amide bonds. The molecule has 0 spiro atoms. The molecule has 1 saturated heterocycles. The van der Waals surface area contributed by atoms with Gasteiger partial charge in [0.1, 0.15) is 17.0 Å². The van der Waals surface area contributed by atoms with Crippen LogP contribution in [0.1, 0.15) is 36.0 Å². The maximum absolute atomic E-state index is 13.9. The lowest BCUT2D eigenvalue weighted by Crippen LogP contribution is -2.47. The Balaban J connectivity index is 1.62. The predicted molar refractivity (Wildman–Crippen MR) is 138 cm³/mol. The SMILES string of the molecule is COc1cc(CCO)ccc1OCCCC1(C(C#N)(c2ccc(F)cc2)c2ccc(F)cc2)CCNC1. The van der Waals surface area contributed by atoms with Crippen molar-refractivity contribution in [1.29, 1.82) is 5.26 Å². The van der Waals surface area contributed by atoms with Crippen molar-refractivity contribution in [3.8, 4) is 17.6 Å². The van der Waals surface area contributed by atoms with E-state index in [4.69, 9.17) is 9.47 Å². The van der Waals surface area contributed by atoms with Crippen molar-refractivity contribution in [3.63, 3.8) is 0 Å². The van der Waals surface area contributed by atoms with Crippen LogP contribution in [-0.4, -0.2) is 38.5 Å². The first kappa shape index (κ1) is 26.6. The summed E-state index contributed by atoms with van der Waals surface area (Å²) in [6.07, 6.45) is 2.59. The molecule has 2 N–H and O–H groups in total. The minimum atomic E-state index is -1.11. The molecule has 1 aliphatic rings. The van der Waals surface area contributed by atoms with Crippen molar-refractivity contribution in [3.05, 3.63) is 95.1 Å². The quantitative estimate of drug-likeness (QED) is 0.352. The number of methoxy groups -OCH3 is 1. The topological polar surface area (TPSA) is 74.5 Å². The lowest BCUT2D eigenvalue weighted by atomic mass is 9.55. The van der Waals surface area contributed by atoms with Crippen molar-refractivity contribution in [1.82, 2.24) is 5.32 Å². The van der Waals surface area contributed by atoms with Gasteiger partial charge >= 0.3 is 0 Å². The summed E-state index contributed by atoms with van der Waals surface area (Å²) < 4.78 is 39.3. The molecular weight excluding hydrogens is 474 g/mol. The molecule has 0 radical (unpaired) electrons. The summed E-state index contributed by atoms with van der Waals surface area (Å²) in [4.78, 5) is 0. The lowest BCUT2D eigenvalue weighted by molar-refractivity contribution is 0.178. The molecule has 194 valence electrons. The van der Waals surface area contributed by atoms with Crippen LogP contribution in [-0.2, 0) is 11.8 Å². The molecule has 5 nitrogen and oxygen atoms in total. The van der Waals surface area contributed by atoms with E-state index in [2.05, 4.69) is 11.4 Å². The van der Waals surface area contributed by atoms with E-state index in [-0.39, 0.29) is 18.2 Å². The average molecular weight is 507 g/mol. The summed E-state index contributed by atoms with van der Waals surface area (Å²) in [6.45, 7) is 1.80. The number of rotatable bonds is 11. The number of benzene rings is 3. The molecule has 0 aliphatic carbocycles. The fourth-order valence-corrected chi connectivity index (χ4v) is 5.60. The highest BCUT2D eigenvalue weighted by Crippen LogP contribution is 2.53. The van der Waals surface area contributed by atoms with Gasteiger partial charge in [-0.2, -0.15) is 5.26 Å². The molecule has 0 bridgehead atoms. The Kier molecular flexibility index (Phi) is 8.42. The van der Waals surface area contributed by atoms with Crippen LogP contribution in [0.4, 0.5) is 8.78 Å². The molecule has 37 heavy (non-hydrogen) atoms. The number of hydrogen-bond donors (Lipinski definition) is 2. The molecular formula is C30H32F2N2O3. The number of ether oxygens (including phenoxy) is 2. The Bertz CT molecular complexity index is 1170. The average Bonchev–Trinajstić information content (AvgIpc) is 3.40. The molecule has 3 aromatic carbocycles. The third-order valence-corrected chi connectivity index (χ3v) is 7.45. The molecule has 7 heteroatoms. The van der Waals surface area contributed by atoms with Crippen LogP contribution in [0.3, 0.4) is 0 Å². The first-order valence-electron chi connectivity index (χ1n) is 12.5. The van der Waals surface area contributed by atoms with E-state index >= 15 is 0 Å². The van der Waals surface area contributed by atoms with E-state index in [0.29, 0.717) is 55.0 Å². The number of halogens is 2. The molecule has 0 saturated carbocycles. The second kappa shape index (κ2) is 11.7. The monoisotopic (exact) mass is 506 g/mol. The molecule has 1 fully saturated rings. The predicted octanol–water partition coefficient (Wildman–Crippen LogP) is 5.16.